The van der Waals surface area contributed by atoms with Gasteiger partial charge in [-0.25, -0.2) is 0 Å². The van der Waals surface area contributed by atoms with Crippen LogP contribution in [0.4, 0.5) is 0 Å². The number of allylic oxidation sites excluding steroid dienone is 5. The average Bonchev–Trinajstić information content (AvgIpc) is 2.34. The van der Waals surface area contributed by atoms with Crippen molar-refractivity contribution in [3.05, 3.63) is 65.2 Å². The van der Waals surface area contributed by atoms with Crippen LogP contribution in [-0.4, -0.2) is 0 Å². The molecule has 0 atom stereocenters. The van der Waals surface area contributed by atoms with E-state index in [9.17, 15) is 0 Å². The van der Waals surface area contributed by atoms with Crippen molar-refractivity contribution in [2.45, 2.75) is 27.7 Å². The number of hydrogen-bond donors (Lipinski definition) is 0. The maximum absolute atomic E-state index is 5.84. The minimum Gasteiger partial charge on any atom is -0.0961 e. The number of halogens is 1. The van der Waals surface area contributed by atoms with E-state index in [0.29, 0.717) is 0 Å². The van der Waals surface area contributed by atoms with Crippen molar-refractivity contribution in [3.63, 3.8) is 0 Å². The maximum atomic E-state index is 5.84. The van der Waals surface area contributed by atoms with Gasteiger partial charge >= 0.3 is 0 Å². The number of rotatable bonds is 3. The lowest BCUT2D eigenvalue weighted by molar-refractivity contribution is 1.50. The molecule has 0 aromatic heterocycles. The standard InChI is InChI=1S/C14H15Cl.C2H6/c1-4-12(6-5-11(2)3)13-7-9-14(15)10-8-13;1-2/h4-10H,2H2,1,3H3;1-2H3/b6-5-,12-4+;. The Morgan fingerprint density at radius 1 is 1.12 bits per heavy atom. The molecule has 0 unspecified atom stereocenters. The van der Waals surface area contributed by atoms with Crippen molar-refractivity contribution in [3.8, 4) is 0 Å². The molecule has 0 heterocycles. The number of hydrogen-bond acceptors (Lipinski definition) is 0. The quantitative estimate of drug-likeness (QED) is 0.584. The van der Waals surface area contributed by atoms with Crippen LogP contribution in [0.3, 0.4) is 0 Å². The molecule has 1 rings (SSSR count). The Balaban J connectivity index is 0.00000121. The summed E-state index contributed by atoms with van der Waals surface area (Å²) in [7, 11) is 0. The summed E-state index contributed by atoms with van der Waals surface area (Å²) in [6.07, 6.45) is 6.14. The SMILES string of the molecule is C=C(C)/C=C\C(=C/C)c1ccc(Cl)cc1.CC. The van der Waals surface area contributed by atoms with E-state index < -0.39 is 0 Å². The first-order valence-electron chi connectivity index (χ1n) is 5.89. The fraction of sp³-hybridized carbons (Fsp3) is 0.250. The Labute approximate surface area is 110 Å². The van der Waals surface area contributed by atoms with Gasteiger partial charge in [-0.2, -0.15) is 0 Å². The summed E-state index contributed by atoms with van der Waals surface area (Å²) in [5.41, 5.74) is 3.39. The molecule has 0 N–H and O–H groups in total. The molecule has 0 bridgehead atoms. The molecule has 0 aliphatic rings. The van der Waals surface area contributed by atoms with E-state index in [1.807, 2.05) is 58.0 Å². The van der Waals surface area contributed by atoms with Gasteiger partial charge in [0.2, 0.25) is 0 Å². The summed E-state index contributed by atoms with van der Waals surface area (Å²) in [6, 6.07) is 7.82. The summed E-state index contributed by atoms with van der Waals surface area (Å²) in [4.78, 5) is 0. The molecule has 1 aromatic carbocycles. The predicted octanol–water partition coefficient (Wildman–Crippen LogP) is 5.90. The summed E-state index contributed by atoms with van der Waals surface area (Å²) in [5.74, 6) is 0. The van der Waals surface area contributed by atoms with Gasteiger partial charge in [-0.05, 0) is 37.1 Å². The second-order valence-electron chi connectivity index (χ2n) is 3.43. The van der Waals surface area contributed by atoms with Crippen molar-refractivity contribution in [2.75, 3.05) is 0 Å². The minimum atomic E-state index is 0.762. The highest BCUT2D eigenvalue weighted by atomic mass is 35.5. The van der Waals surface area contributed by atoms with Gasteiger partial charge in [0.1, 0.15) is 0 Å². The number of benzene rings is 1. The van der Waals surface area contributed by atoms with Gasteiger partial charge in [0.15, 0.2) is 0 Å². The van der Waals surface area contributed by atoms with Crippen LogP contribution in [-0.2, 0) is 0 Å². The third-order valence-corrected chi connectivity index (χ3v) is 2.29. The van der Waals surface area contributed by atoms with Gasteiger partial charge in [-0.1, -0.05) is 68.0 Å². The zero-order valence-electron chi connectivity index (χ0n) is 11.1. The van der Waals surface area contributed by atoms with Crippen LogP contribution in [0, 0.1) is 0 Å². The van der Waals surface area contributed by atoms with Gasteiger partial charge in [0, 0.05) is 5.02 Å². The predicted molar refractivity (Wildman–Crippen MR) is 80.4 cm³/mol. The van der Waals surface area contributed by atoms with E-state index in [1.54, 1.807) is 0 Å². The molecule has 0 radical (unpaired) electrons. The molecule has 17 heavy (non-hydrogen) atoms. The topological polar surface area (TPSA) is 0 Å². The molecular formula is C16H21Cl. The van der Waals surface area contributed by atoms with Crippen LogP contribution in [0.5, 0.6) is 0 Å². The normalized spacial score (nSPS) is 11.0. The lowest BCUT2D eigenvalue weighted by Gasteiger charge is -2.01. The van der Waals surface area contributed by atoms with E-state index in [1.165, 1.54) is 11.1 Å². The van der Waals surface area contributed by atoms with Crippen LogP contribution in [0.2, 0.25) is 5.02 Å². The molecule has 0 fully saturated rings. The van der Waals surface area contributed by atoms with Crippen molar-refractivity contribution < 1.29 is 0 Å². The molecule has 0 saturated heterocycles. The second-order valence-corrected chi connectivity index (χ2v) is 3.87. The van der Waals surface area contributed by atoms with E-state index in [4.69, 9.17) is 11.6 Å². The van der Waals surface area contributed by atoms with Crippen molar-refractivity contribution in [1.29, 1.82) is 0 Å². The van der Waals surface area contributed by atoms with Crippen LogP contribution in [0.15, 0.2) is 54.6 Å². The Morgan fingerprint density at radius 2 is 1.65 bits per heavy atom. The molecule has 0 aliphatic carbocycles. The van der Waals surface area contributed by atoms with Crippen molar-refractivity contribution in [1.82, 2.24) is 0 Å². The zero-order valence-corrected chi connectivity index (χ0v) is 11.9. The van der Waals surface area contributed by atoms with Gasteiger partial charge in [-0.3, -0.25) is 0 Å². The van der Waals surface area contributed by atoms with Crippen molar-refractivity contribution in [2.24, 2.45) is 0 Å². The minimum absolute atomic E-state index is 0.762. The molecular weight excluding hydrogens is 228 g/mol. The Kier molecular flexibility index (Phi) is 8.17. The van der Waals surface area contributed by atoms with E-state index in [-0.39, 0.29) is 0 Å². The maximum Gasteiger partial charge on any atom is 0.0406 e. The molecule has 1 heteroatoms. The lowest BCUT2D eigenvalue weighted by Crippen LogP contribution is -1.79. The summed E-state index contributed by atoms with van der Waals surface area (Å²) < 4.78 is 0. The molecule has 0 aliphatic heterocycles. The largest absolute Gasteiger partial charge is 0.0961 e. The Hall–Kier alpha value is -1.27. The summed E-state index contributed by atoms with van der Waals surface area (Å²) >= 11 is 5.84. The van der Waals surface area contributed by atoms with Crippen LogP contribution >= 0.6 is 11.6 Å². The first-order chi connectivity index (χ1) is 8.13. The molecule has 0 saturated carbocycles. The first-order valence-corrected chi connectivity index (χ1v) is 6.27. The molecule has 0 nitrogen and oxygen atoms in total. The second kappa shape index (κ2) is 8.83. The smallest absolute Gasteiger partial charge is 0.0406 e. The lowest BCUT2D eigenvalue weighted by atomic mass is 10.0. The molecule has 1 aromatic rings. The summed E-state index contributed by atoms with van der Waals surface area (Å²) in [6.45, 7) is 11.8. The average molecular weight is 249 g/mol. The third-order valence-electron chi connectivity index (χ3n) is 2.04. The molecule has 0 spiro atoms. The zero-order chi connectivity index (χ0) is 13.3. The summed E-state index contributed by atoms with van der Waals surface area (Å²) in [5, 5.41) is 0.762. The van der Waals surface area contributed by atoms with E-state index >= 15 is 0 Å². The van der Waals surface area contributed by atoms with Crippen LogP contribution < -0.4 is 0 Å². The monoisotopic (exact) mass is 248 g/mol. The van der Waals surface area contributed by atoms with Gasteiger partial charge in [0.25, 0.3) is 0 Å². The Bertz CT molecular complexity index is 394. The third kappa shape index (κ3) is 6.13. The fourth-order valence-corrected chi connectivity index (χ4v) is 1.36. The fourth-order valence-electron chi connectivity index (χ4n) is 1.23. The van der Waals surface area contributed by atoms with Crippen molar-refractivity contribution >= 4 is 17.2 Å². The highest BCUT2D eigenvalue weighted by Crippen LogP contribution is 2.19. The molecule has 92 valence electrons. The van der Waals surface area contributed by atoms with Crippen LogP contribution in [0.25, 0.3) is 5.57 Å². The Morgan fingerprint density at radius 3 is 2.06 bits per heavy atom. The van der Waals surface area contributed by atoms with Gasteiger partial charge in [0.05, 0.1) is 0 Å². The highest BCUT2D eigenvalue weighted by Gasteiger charge is 1.96. The van der Waals surface area contributed by atoms with E-state index in [2.05, 4.69) is 18.7 Å². The van der Waals surface area contributed by atoms with E-state index in [0.717, 1.165) is 10.6 Å². The first kappa shape index (κ1) is 15.7. The van der Waals surface area contributed by atoms with Gasteiger partial charge in [-0.15, -0.1) is 0 Å². The molecule has 0 amide bonds. The van der Waals surface area contributed by atoms with Gasteiger partial charge < -0.3 is 0 Å². The van der Waals surface area contributed by atoms with Crippen LogP contribution in [0.1, 0.15) is 33.3 Å². The highest BCUT2D eigenvalue weighted by molar-refractivity contribution is 6.30.